The van der Waals surface area contributed by atoms with Crippen molar-refractivity contribution in [3.8, 4) is 5.75 Å². The molecule has 1 saturated heterocycles. The van der Waals surface area contributed by atoms with Gasteiger partial charge >= 0.3 is 0 Å². The number of nitrogens with one attached hydrogen (secondary N) is 1. The van der Waals surface area contributed by atoms with Crippen molar-refractivity contribution in [2.24, 2.45) is 5.92 Å². The molecule has 0 saturated carbocycles. The number of ether oxygens (including phenoxy) is 1. The van der Waals surface area contributed by atoms with Crippen LogP contribution in [0.2, 0.25) is 0 Å². The maximum Gasteiger partial charge on any atom is 0.226 e. The number of benzene rings is 1. The average Bonchev–Trinajstić information content (AvgIpc) is 2.53. The van der Waals surface area contributed by atoms with E-state index in [0.29, 0.717) is 12.5 Å². The summed E-state index contributed by atoms with van der Waals surface area (Å²) in [5.74, 6) is 1.33. The van der Waals surface area contributed by atoms with Crippen LogP contribution >= 0.6 is 12.4 Å². The third kappa shape index (κ3) is 4.90. The molecule has 1 heterocycles. The van der Waals surface area contributed by atoms with Gasteiger partial charge in [-0.25, -0.2) is 0 Å². The van der Waals surface area contributed by atoms with E-state index in [-0.39, 0.29) is 18.3 Å². The lowest BCUT2D eigenvalue weighted by Gasteiger charge is -2.29. The van der Waals surface area contributed by atoms with Gasteiger partial charge in [-0.15, -0.1) is 12.4 Å². The van der Waals surface area contributed by atoms with Crippen LogP contribution in [-0.4, -0.2) is 37.6 Å². The maximum atomic E-state index is 12.5. The van der Waals surface area contributed by atoms with Crippen molar-refractivity contribution in [3.05, 3.63) is 29.8 Å². The van der Waals surface area contributed by atoms with Crippen LogP contribution in [0.25, 0.3) is 0 Å². The van der Waals surface area contributed by atoms with Crippen molar-refractivity contribution < 1.29 is 9.53 Å². The Kier molecular flexibility index (Phi) is 7.54. The predicted octanol–water partition coefficient (Wildman–Crippen LogP) is 2.47. The monoisotopic (exact) mass is 312 g/mol. The molecule has 2 rings (SSSR count). The molecule has 0 aliphatic carbocycles. The van der Waals surface area contributed by atoms with E-state index in [1.54, 1.807) is 7.11 Å². The zero-order valence-corrected chi connectivity index (χ0v) is 13.6. The number of rotatable bonds is 5. The standard InChI is InChI=1S/C16H24N2O2.ClH/c1-3-18(16(19)14-8-10-17-11-9-14)12-13-4-6-15(20-2)7-5-13;/h4-7,14,17H,3,8-12H2,1-2H3;1H. The first-order valence-corrected chi connectivity index (χ1v) is 7.37. The van der Waals surface area contributed by atoms with Gasteiger partial charge in [-0.2, -0.15) is 0 Å². The smallest absolute Gasteiger partial charge is 0.226 e. The van der Waals surface area contributed by atoms with Crippen LogP contribution in [0.3, 0.4) is 0 Å². The Bertz CT molecular complexity index is 430. The van der Waals surface area contributed by atoms with Gasteiger partial charge in [0.15, 0.2) is 0 Å². The van der Waals surface area contributed by atoms with Gasteiger partial charge in [-0.05, 0) is 50.6 Å². The number of methoxy groups -OCH3 is 1. The topological polar surface area (TPSA) is 41.6 Å². The molecular weight excluding hydrogens is 288 g/mol. The van der Waals surface area contributed by atoms with Crippen molar-refractivity contribution >= 4 is 18.3 Å². The van der Waals surface area contributed by atoms with E-state index in [9.17, 15) is 4.79 Å². The fraction of sp³-hybridized carbons (Fsp3) is 0.562. The Morgan fingerprint density at radius 1 is 1.29 bits per heavy atom. The molecule has 1 amide bonds. The van der Waals surface area contributed by atoms with E-state index in [2.05, 4.69) is 5.32 Å². The van der Waals surface area contributed by atoms with Gasteiger partial charge < -0.3 is 15.0 Å². The summed E-state index contributed by atoms with van der Waals surface area (Å²) in [7, 11) is 1.66. The molecule has 0 radical (unpaired) electrons. The number of carbonyl (C=O) groups is 1. The molecule has 1 N–H and O–H groups in total. The number of piperidine rings is 1. The summed E-state index contributed by atoms with van der Waals surface area (Å²) in [4.78, 5) is 14.5. The molecule has 4 nitrogen and oxygen atoms in total. The second-order valence-corrected chi connectivity index (χ2v) is 5.22. The third-order valence-electron chi connectivity index (χ3n) is 3.91. The first-order chi connectivity index (χ1) is 9.74. The molecule has 5 heteroatoms. The SMILES string of the molecule is CCN(Cc1ccc(OC)cc1)C(=O)C1CCNCC1.Cl. The first-order valence-electron chi connectivity index (χ1n) is 7.37. The summed E-state index contributed by atoms with van der Waals surface area (Å²) >= 11 is 0. The highest BCUT2D eigenvalue weighted by Crippen LogP contribution is 2.18. The molecule has 0 unspecified atom stereocenters. The summed E-state index contributed by atoms with van der Waals surface area (Å²) in [5.41, 5.74) is 1.15. The normalized spacial score (nSPS) is 15.1. The number of halogens is 1. The van der Waals surface area contributed by atoms with Crippen LogP contribution in [0.1, 0.15) is 25.3 Å². The van der Waals surface area contributed by atoms with Gasteiger partial charge in [0.25, 0.3) is 0 Å². The number of carbonyl (C=O) groups excluding carboxylic acids is 1. The lowest BCUT2D eigenvalue weighted by molar-refractivity contribution is -0.136. The van der Waals surface area contributed by atoms with Crippen molar-refractivity contribution in [2.75, 3.05) is 26.7 Å². The van der Waals surface area contributed by atoms with E-state index in [0.717, 1.165) is 43.8 Å². The molecule has 118 valence electrons. The van der Waals surface area contributed by atoms with Gasteiger partial charge in [0.2, 0.25) is 5.91 Å². The summed E-state index contributed by atoms with van der Waals surface area (Å²) in [6.07, 6.45) is 1.91. The minimum Gasteiger partial charge on any atom is -0.497 e. The second-order valence-electron chi connectivity index (χ2n) is 5.22. The third-order valence-corrected chi connectivity index (χ3v) is 3.91. The Morgan fingerprint density at radius 3 is 2.43 bits per heavy atom. The van der Waals surface area contributed by atoms with E-state index in [1.807, 2.05) is 36.1 Å². The lowest BCUT2D eigenvalue weighted by atomic mass is 9.96. The van der Waals surface area contributed by atoms with E-state index in [1.165, 1.54) is 0 Å². The Morgan fingerprint density at radius 2 is 1.90 bits per heavy atom. The van der Waals surface area contributed by atoms with Crippen LogP contribution in [0, 0.1) is 5.92 Å². The highest BCUT2D eigenvalue weighted by atomic mass is 35.5. The quantitative estimate of drug-likeness (QED) is 0.908. The number of hydrogen-bond donors (Lipinski definition) is 1. The van der Waals surface area contributed by atoms with Gasteiger partial charge in [0, 0.05) is 19.0 Å². The first kappa shape index (κ1) is 17.8. The zero-order chi connectivity index (χ0) is 14.4. The molecule has 21 heavy (non-hydrogen) atoms. The van der Waals surface area contributed by atoms with Gasteiger partial charge in [-0.3, -0.25) is 4.79 Å². The molecule has 1 fully saturated rings. The van der Waals surface area contributed by atoms with E-state index >= 15 is 0 Å². The summed E-state index contributed by atoms with van der Waals surface area (Å²) in [6.45, 7) is 5.40. The van der Waals surface area contributed by atoms with Gasteiger partial charge in [-0.1, -0.05) is 12.1 Å². The van der Waals surface area contributed by atoms with Crippen molar-refractivity contribution in [1.29, 1.82) is 0 Å². The zero-order valence-electron chi connectivity index (χ0n) is 12.8. The number of nitrogens with zero attached hydrogens (tertiary/aromatic N) is 1. The molecule has 1 aliphatic rings. The highest BCUT2D eigenvalue weighted by molar-refractivity contribution is 5.85. The minimum absolute atomic E-state index is 0. The maximum absolute atomic E-state index is 12.5. The van der Waals surface area contributed by atoms with Crippen molar-refractivity contribution in [3.63, 3.8) is 0 Å². The summed E-state index contributed by atoms with van der Waals surface area (Å²) < 4.78 is 5.16. The van der Waals surface area contributed by atoms with Crippen LogP contribution in [0.5, 0.6) is 5.75 Å². The fourth-order valence-electron chi connectivity index (χ4n) is 2.62. The average molecular weight is 313 g/mol. The van der Waals surface area contributed by atoms with Crippen LogP contribution in [0.4, 0.5) is 0 Å². The minimum atomic E-state index is 0. The van der Waals surface area contributed by atoms with Gasteiger partial charge in [0.05, 0.1) is 7.11 Å². The van der Waals surface area contributed by atoms with E-state index in [4.69, 9.17) is 4.74 Å². The molecule has 0 bridgehead atoms. The largest absolute Gasteiger partial charge is 0.497 e. The molecular formula is C16H25ClN2O2. The molecule has 1 aliphatic heterocycles. The summed E-state index contributed by atoms with van der Waals surface area (Å²) in [5, 5.41) is 3.30. The van der Waals surface area contributed by atoms with Crippen molar-refractivity contribution in [2.45, 2.75) is 26.3 Å². The van der Waals surface area contributed by atoms with Crippen LogP contribution in [-0.2, 0) is 11.3 Å². The molecule has 1 aromatic carbocycles. The second kappa shape index (κ2) is 8.90. The molecule has 0 aromatic heterocycles. The summed E-state index contributed by atoms with van der Waals surface area (Å²) in [6, 6.07) is 7.94. The Hall–Kier alpha value is -1.26. The highest BCUT2D eigenvalue weighted by Gasteiger charge is 2.24. The number of amides is 1. The Labute approximate surface area is 133 Å². The van der Waals surface area contributed by atoms with Crippen molar-refractivity contribution in [1.82, 2.24) is 10.2 Å². The lowest BCUT2D eigenvalue weighted by Crippen LogP contribution is -2.40. The molecule has 0 spiro atoms. The molecule has 0 atom stereocenters. The van der Waals surface area contributed by atoms with Crippen LogP contribution in [0.15, 0.2) is 24.3 Å². The fourth-order valence-corrected chi connectivity index (χ4v) is 2.62. The number of hydrogen-bond acceptors (Lipinski definition) is 3. The Balaban J connectivity index is 0.00000220. The predicted molar refractivity (Wildman–Crippen MR) is 86.9 cm³/mol. The van der Waals surface area contributed by atoms with Crippen LogP contribution < -0.4 is 10.1 Å². The van der Waals surface area contributed by atoms with Gasteiger partial charge in [0.1, 0.15) is 5.75 Å². The molecule has 1 aromatic rings. The van der Waals surface area contributed by atoms with E-state index < -0.39 is 0 Å².